The highest BCUT2D eigenvalue weighted by atomic mass is 79.9. The summed E-state index contributed by atoms with van der Waals surface area (Å²) in [5, 5.41) is 0. The summed E-state index contributed by atoms with van der Waals surface area (Å²) in [7, 11) is 0. The van der Waals surface area contributed by atoms with E-state index in [-0.39, 0.29) is 5.82 Å². The molecule has 17 heavy (non-hydrogen) atoms. The monoisotopic (exact) mass is 358 g/mol. The molecule has 0 saturated heterocycles. The summed E-state index contributed by atoms with van der Waals surface area (Å²) in [5.41, 5.74) is 7.24. The smallest absolute Gasteiger partial charge is 0.128 e. The Balaban J connectivity index is 2.43. The van der Waals surface area contributed by atoms with Gasteiger partial charge in [-0.1, -0.05) is 15.9 Å². The second kappa shape index (κ2) is 5.25. The van der Waals surface area contributed by atoms with Crippen molar-refractivity contribution in [1.29, 1.82) is 0 Å². The van der Waals surface area contributed by atoms with Crippen LogP contribution in [-0.2, 0) is 0 Å². The standard InChI is InChI=1S/C12H9Br2FN2/c13-8-1-2-11(15)10(4-8)12(16)7-3-9(14)6-17-5-7/h1-6,12H,16H2. The topological polar surface area (TPSA) is 38.9 Å². The fourth-order valence-corrected chi connectivity index (χ4v) is 2.29. The van der Waals surface area contributed by atoms with Crippen LogP contribution >= 0.6 is 31.9 Å². The Kier molecular flexibility index (Phi) is 3.91. The second-order valence-electron chi connectivity index (χ2n) is 3.58. The molecule has 0 radical (unpaired) electrons. The van der Waals surface area contributed by atoms with Crippen LogP contribution in [0.1, 0.15) is 17.2 Å². The van der Waals surface area contributed by atoms with E-state index in [4.69, 9.17) is 5.73 Å². The lowest BCUT2D eigenvalue weighted by atomic mass is 10.0. The van der Waals surface area contributed by atoms with Gasteiger partial charge in [-0.25, -0.2) is 4.39 Å². The third-order valence-corrected chi connectivity index (χ3v) is 3.31. The van der Waals surface area contributed by atoms with Crippen LogP contribution in [-0.4, -0.2) is 4.98 Å². The molecule has 0 aliphatic carbocycles. The van der Waals surface area contributed by atoms with Crippen LogP contribution < -0.4 is 5.73 Å². The summed E-state index contributed by atoms with van der Waals surface area (Å²) >= 11 is 6.62. The Labute approximate surface area is 115 Å². The summed E-state index contributed by atoms with van der Waals surface area (Å²) in [6.45, 7) is 0. The lowest BCUT2D eigenvalue weighted by molar-refractivity contribution is 0.599. The van der Waals surface area contributed by atoms with Crippen molar-refractivity contribution >= 4 is 31.9 Å². The third kappa shape index (κ3) is 2.91. The first-order chi connectivity index (χ1) is 8.08. The predicted octanol–water partition coefficient (Wildman–Crippen LogP) is 3.79. The van der Waals surface area contributed by atoms with Gasteiger partial charge < -0.3 is 5.73 Å². The minimum absolute atomic E-state index is 0.319. The zero-order valence-corrected chi connectivity index (χ0v) is 11.9. The molecule has 2 nitrogen and oxygen atoms in total. The van der Waals surface area contributed by atoms with Crippen molar-refractivity contribution in [3.05, 3.63) is 62.5 Å². The molecule has 2 rings (SSSR count). The van der Waals surface area contributed by atoms with Crippen molar-refractivity contribution < 1.29 is 4.39 Å². The van der Waals surface area contributed by atoms with Gasteiger partial charge in [-0.15, -0.1) is 0 Å². The first kappa shape index (κ1) is 12.7. The number of hydrogen-bond donors (Lipinski definition) is 1. The van der Waals surface area contributed by atoms with Crippen molar-refractivity contribution in [1.82, 2.24) is 4.98 Å². The molecule has 1 atom stereocenters. The number of benzene rings is 1. The van der Waals surface area contributed by atoms with Gasteiger partial charge in [0, 0.05) is 26.9 Å². The zero-order chi connectivity index (χ0) is 12.4. The highest BCUT2D eigenvalue weighted by Gasteiger charge is 2.14. The lowest BCUT2D eigenvalue weighted by Gasteiger charge is -2.13. The van der Waals surface area contributed by atoms with E-state index < -0.39 is 6.04 Å². The van der Waals surface area contributed by atoms with E-state index in [9.17, 15) is 4.39 Å². The van der Waals surface area contributed by atoms with Crippen molar-refractivity contribution in [2.45, 2.75) is 6.04 Å². The molecule has 1 unspecified atom stereocenters. The van der Waals surface area contributed by atoms with E-state index in [0.717, 1.165) is 14.5 Å². The number of aromatic nitrogens is 1. The number of rotatable bonds is 2. The summed E-state index contributed by atoms with van der Waals surface area (Å²) in [5.74, 6) is -0.319. The molecule has 0 amide bonds. The summed E-state index contributed by atoms with van der Waals surface area (Å²) in [6.07, 6.45) is 3.29. The van der Waals surface area contributed by atoms with Crippen LogP contribution in [0, 0.1) is 5.82 Å². The molecular formula is C12H9Br2FN2. The Bertz CT molecular complexity index is 546. The number of hydrogen-bond acceptors (Lipinski definition) is 2. The molecule has 1 heterocycles. The van der Waals surface area contributed by atoms with Gasteiger partial charge in [0.05, 0.1) is 6.04 Å². The minimum atomic E-state index is -0.530. The molecule has 0 spiro atoms. The number of pyridine rings is 1. The van der Waals surface area contributed by atoms with E-state index in [1.165, 1.54) is 6.07 Å². The zero-order valence-electron chi connectivity index (χ0n) is 8.70. The quantitative estimate of drug-likeness (QED) is 0.885. The number of halogens is 3. The van der Waals surface area contributed by atoms with Gasteiger partial charge in [0.1, 0.15) is 5.82 Å². The first-order valence-corrected chi connectivity index (χ1v) is 6.47. The molecule has 0 bridgehead atoms. The Morgan fingerprint density at radius 1 is 1.12 bits per heavy atom. The molecule has 5 heteroatoms. The molecular weight excluding hydrogens is 351 g/mol. The first-order valence-electron chi connectivity index (χ1n) is 4.89. The average molecular weight is 360 g/mol. The Hall–Kier alpha value is -0.780. The van der Waals surface area contributed by atoms with E-state index >= 15 is 0 Å². The maximum atomic E-state index is 13.7. The molecule has 0 aliphatic rings. The van der Waals surface area contributed by atoms with Gasteiger partial charge in [-0.05, 0) is 45.8 Å². The number of nitrogens with two attached hydrogens (primary N) is 1. The van der Waals surface area contributed by atoms with Crippen LogP contribution in [0.4, 0.5) is 4.39 Å². The summed E-state index contributed by atoms with van der Waals surface area (Å²) < 4.78 is 15.3. The molecule has 1 aromatic carbocycles. The van der Waals surface area contributed by atoms with Crippen LogP contribution in [0.15, 0.2) is 45.6 Å². The lowest BCUT2D eigenvalue weighted by Crippen LogP contribution is -2.14. The SMILES string of the molecule is NC(c1cncc(Br)c1)c1cc(Br)ccc1F. The minimum Gasteiger partial charge on any atom is -0.320 e. The van der Waals surface area contributed by atoms with E-state index in [1.54, 1.807) is 24.5 Å². The van der Waals surface area contributed by atoms with Gasteiger partial charge in [-0.3, -0.25) is 4.98 Å². The van der Waals surface area contributed by atoms with E-state index in [1.807, 2.05) is 6.07 Å². The number of nitrogens with zero attached hydrogens (tertiary/aromatic N) is 1. The van der Waals surface area contributed by atoms with Crippen LogP contribution in [0.3, 0.4) is 0 Å². The fourth-order valence-electron chi connectivity index (χ4n) is 1.53. The second-order valence-corrected chi connectivity index (χ2v) is 5.41. The maximum Gasteiger partial charge on any atom is 0.128 e. The average Bonchev–Trinajstić information content (AvgIpc) is 2.31. The molecule has 2 N–H and O–H groups in total. The van der Waals surface area contributed by atoms with Gasteiger partial charge in [0.2, 0.25) is 0 Å². The van der Waals surface area contributed by atoms with Crippen molar-refractivity contribution in [3.63, 3.8) is 0 Å². The van der Waals surface area contributed by atoms with E-state index in [0.29, 0.717) is 5.56 Å². The van der Waals surface area contributed by atoms with Gasteiger partial charge in [0.25, 0.3) is 0 Å². The fraction of sp³-hybridized carbons (Fsp3) is 0.0833. The molecule has 0 aliphatic heterocycles. The van der Waals surface area contributed by atoms with Gasteiger partial charge >= 0.3 is 0 Å². The van der Waals surface area contributed by atoms with Crippen molar-refractivity contribution in [3.8, 4) is 0 Å². The summed E-state index contributed by atoms with van der Waals surface area (Å²) in [4.78, 5) is 4.02. The Morgan fingerprint density at radius 3 is 2.59 bits per heavy atom. The third-order valence-electron chi connectivity index (χ3n) is 2.38. The van der Waals surface area contributed by atoms with Crippen LogP contribution in [0.25, 0.3) is 0 Å². The predicted molar refractivity (Wildman–Crippen MR) is 72.1 cm³/mol. The van der Waals surface area contributed by atoms with E-state index in [2.05, 4.69) is 36.8 Å². The van der Waals surface area contributed by atoms with Crippen molar-refractivity contribution in [2.24, 2.45) is 5.73 Å². The van der Waals surface area contributed by atoms with Gasteiger partial charge in [-0.2, -0.15) is 0 Å². The van der Waals surface area contributed by atoms with Crippen LogP contribution in [0.2, 0.25) is 0 Å². The molecule has 0 saturated carbocycles. The largest absolute Gasteiger partial charge is 0.320 e. The highest BCUT2D eigenvalue weighted by molar-refractivity contribution is 9.10. The maximum absolute atomic E-state index is 13.7. The van der Waals surface area contributed by atoms with Crippen LogP contribution in [0.5, 0.6) is 0 Å². The summed E-state index contributed by atoms with van der Waals surface area (Å²) in [6, 6.07) is 6.02. The van der Waals surface area contributed by atoms with Gasteiger partial charge in [0.15, 0.2) is 0 Å². The molecule has 2 aromatic rings. The Morgan fingerprint density at radius 2 is 1.88 bits per heavy atom. The molecule has 88 valence electrons. The molecule has 0 fully saturated rings. The molecule has 1 aromatic heterocycles. The normalized spacial score (nSPS) is 12.5. The highest BCUT2D eigenvalue weighted by Crippen LogP contribution is 2.26. The van der Waals surface area contributed by atoms with Crippen molar-refractivity contribution in [2.75, 3.05) is 0 Å².